The second kappa shape index (κ2) is 8.21. The van der Waals surface area contributed by atoms with Crippen LogP contribution >= 0.6 is 0 Å². The normalized spacial score (nSPS) is 17.6. The number of alkyl halides is 3. The van der Waals surface area contributed by atoms with Crippen LogP contribution in [0.2, 0.25) is 0 Å². The third-order valence-electron chi connectivity index (χ3n) is 4.73. The zero-order valence-corrected chi connectivity index (χ0v) is 14.5. The van der Waals surface area contributed by atoms with E-state index >= 15 is 0 Å². The number of aliphatic carboxylic acids is 1. The van der Waals surface area contributed by atoms with Crippen LogP contribution in [0.1, 0.15) is 61.1 Å². The fraction of sp³-hybridized carbons (Fsp3) is 0.588. The molecule has 0 spiro atoms. The number of hydrogen-bond acceptors (Lipinski definition) is 3. The van der Waals surface area contributed by atoms with Gasteiger partial charge in [0.2, 0.25) is 0 Å². The molecule has 0 aliphatic heterocycles. The first-order valence-corrected chi connectivity index (χ1v) is 9.59. The largest absolute Gasteiger partial charge is 0.481 e. The Morgan fingerprint density at radius 3 is 2.36 bits per heavy atom. The highest BCUT2D eigenvalue weighted by Crippen LogP contribution is 2.37. The minimum absolute atomic E-state index is 0.0790. The van der Waals surface area contributed by atoms with Gasteiger partial charge in [0.1, 0.15) is 10.7 Å². The van der Waals surface area contributed by atoms with Gasteiger partial charge in [-0.25, -0.2) is 8.42 Å². The summed E-state index contributed by atoms with van der Waals surface area (Å²) in [4.78, 5) is 11.6. The molecule has 0 aromatic heterocycles. The van der Waals surface area contributed by atoms with Gasteiger partial charge in [-0.3, -0.25) is 4.79 Å². The quantitative estimate of drug-likeness (QED) is 0.735. The molecule has 1 saturated carbocycles. The predicted octanol–water partition coefficient (Wildman–Crippen LogP) is 3.96. The van der Waals surface area contributed by atoms with Crippen molar-refractivity contribution in [2.24, 2.45) is 5.92 Å². The van der Waals surface area contributed by atoms with Gasteiger partial charge in [-0.05, 0) is 29.5 Å². The molecule has 0 radical (unpaired) electrons. The molecule has 8 heteroatoms. The van der Waals surface area contributed by atoms with Crippen LogP contribution in [0.25, 0.3) is 0 Å². The van der Waals surface area contributed by atoms with Gasteiger partial charge in [-0.15, -0.1) is 0 Å². The molecular formula is C17H21F3O4S. The summed E-state index contributed by atoms with van der Waals surface area (Å²) >= 11 is 0. The van der Waals surface area contributed by atoms with Gasteiger partial charge >= 0.3 is 12.1 Å². The van der Waals surface area contributed by atoms with Crippen LogP contribution in [0.4, 0.5) is 13.2 Å². The first kappa shape index (κ1) is 19.8. The van der Waals surface area contributed by atoms with E-state index in [1.165, 1.54) is 6.07 Å². The van der Waals surface area contributed by atoms with E-state index in [2.05, 4.69) is 0 Å². The summed E-state index contributed by atoms with van der Waals surface area (Å²) in [6.45, 7) is 0. The monoisotopic (exact) mass is 378 g/mol. The minimum Gasteiger partial charge on any atom is -0.481 e. The van der Waals surface area contributed by atoms with Crippen LogP contribution in [0.5, 0.6) is 0 Å². The lowest BCUT2D eigenvalue weighted by molar-refractivity contribution is -0.140. The number of carboxylic acid groups (broad SMARTS) is 1. The van der Waals surface area contributed by atoms with Crippen LogP contribution in [-0.4, -0.2) is 19.5 Å². The Kier molecular flexibility index (Phi) is 6.48. The molecule has 1 fully saturated rings. The number of benzene rings is 1. The van der Waals surface area contributed by atoms with Crippen molar-refractivity contribution in [3.63, 3.8) is 0 Å². The number of halogens is 3. The van der Waals surface area contributed by atoms with E-state index in [-0.39, 0.29) is 17.0 Å². The highest BCUT2D eigenvalue weighted by Gasteiger charge is 2.35. The molecule has 2 rings (SSSR count). The third-order valence-corrected chi connectivity index (χ3v) is 5.33. The summed E-state index contributed by atoms with van der Waals surface area (Å²) in [5.41, 5.74) is -1.34. The van der Waals surface area contributed by atoms with Gasteiger partial charge in [-0.2, -0.15) is 13.2 Å². The highest BCUT2D eigenvalue weighted by atomic mass is 32.2. The van der Waals surface area contributed by atoms with Crippen LogP contribution in [0.15, 0.2) is 18.2 Å². The molecule has 1 unspecified atom stereocenters. The molecule has 4 nitrogen and oxygen atoms in total. The topological polar surface area (TPSA) is 71.4 Å². The van der Waals surface area contributed by atoms with Crippen molar-refractivity contribution >= 4 is 16.7 Å². The van der Waals surface area contributed by atoms with E-state index < -0.39 is 40.1 Å². The van der Waals surface area contributed by atoms with E-state index in [9.17, 15) is 31.5 Å². The highest BCUT2D eigenvalue weighted by molar-refractivity contribution is 7.71. The molecule has 140 valence electrons. The summed E-state index contributed by atoms with van der Waals surface area (Å²) in [6.07, 6.45) is 0.497. The second-order valence-electron chi connectivity index (χ2n) is 6.54. The molecule has 1 aliphatic rings. The first-order valence-electron chi connectivity index (χ1n) is 8.23. The molecule has 1 aliphatic carbocycles. The lowest BCUT2D eigenvalue weighted by atomic mass is 9.80. The fourth-order valence-corrected chi connectivity index (χ4v) is 4.04. The maximum Gasteiger partial charge on any atom is 0.416 e. The molecule has 0 amide bonds. The van der Waals surface area contributed by atoms with Crippen LogP contribution in [0, 0.1) is 5.92 Å². The van der Waals surface area contributed by atoms with Gasteiger partial charge in [0, 0.05) is 0 Å². The SMILES string of the molecule is O=C(O)C(CC1CCCCC1)c1ccc(C[SH](=O)=O)c(C(F)(F)F)c1. The Bertz CT molecular complexity index is 684. The summed E-state index contributed by atoms with van der Waals surface area (Å²) in [6, 6.07) is 3.20. The molecule has 1 aromatic rings. The van der Waals surface area contributed by atoms with Crippen molar-refractivity contribution in [2.75, 3.05) is 0 Å². The number of rotatable bonds is 6. The predicted molar refractivity (Wildman–Crippen MR) is 87.0 cm³/mol. The van der Waals surface area contributed by atoms with Gasteiger partial charge in [0.15, 0.2) is 0 Å². The molecule has 1 aromatic carbocycles. The molecule has 1 atom stereocenters. The average Bonchev–Trinajstić information content (AvgIpc) is 2.52. The third kappa shape index (κ3) is 5.45. The smallest absolute Gasteiger partial charge is 0.416 e. The maximum atomic E-state index is 13.3. The lowest BCUT2D eigenvalue weighted by Crippen LogP contribution is -2.19. The van der Waals surface area contributed by atoms with Crippen LogP contribution in [-0.2, 0) is 27.4 Å². The van der Waals surface area contributed by atoms with Crippen molar-refractivity contribution in [1.29, 1.82) is 0 Å². The number of carboxylic acids is 1. The Labute approximate surface area is 146 Å². The van der Waals surface area contributed by atoms with Crippen molar-refractivity contribution < 1.29 is 31.5 Å². The Morgan fingerprint density at radius 2 is 1.84 bits per heavy atom. The molecule has 0 saturated heterocycles. The van der Waals surface area contributed by atoms with Gasteiger partial charge in [0.25, 0.3) is 0 Å². The van der Waals surface area contributed by atoms with Crippen molar-refractivity contribution in [3.05, 3.63) is 34.9 Å². The zero-order chi connectivity index (χ0) is 18.6. The summed E-state index contributed by atoms with van der Waals surface area (Å²) < 4.78 is 61.4. The van der Waals surface area contributed by atoms with Crippen molar-refractivity contribution in [3.8, 4) is 0 Å². The summed E-state index contributed by atoms with van der Waals surface area (Å²) in [5.74, 6) is -2.69. The summed E-state index contributed by atoms with van der Waals surface area (Å²) in [5, 5.41) is 9.49. The second-order valence-corrected chi connectivity index (χ2v) is 7.52. The van der Waals surface area contributed by atoms with Gasteiger partial charge in [0.05, 0.1) is 17.2 Å². The van der Waals surface area contributed by atoms with E-state index in [1.54, 1.807) is 0 Å². The Morgan fingerprint density at radius 1 is 1.20 bits per heavy atom. The first-order chi connectivity index (χ1) is 11.7. The number of thiol groups is 1. The van der Waals surface area contributed by atoms with E-state index in [0.29, 0.717) is 6.42 Å². The van der Waals surface area contributed by atoms with E-state index in [4.69, 9.17) is 0 Å². The Hall–Kier alpha value is -1.57. The Balaban J connectivity index is 2.35. The molecular weight excluding hydrogens is 357 g/mol. The molecule has 0 heterocycles. The lowest BCUT2D eigenvalue weighted by Gasteiger charge is -2.25. The van der Waals surface area contributed by atoms with Crippen LogP contribution in [0.3, 0.4) is 0 Å². The van der Waals surface area contributed by atoms with E-state index in [0.717, 1.165) is 44.2 Å². The number of hydrogen-bond donors (Lipinski definition) is 2. The van der Waals surface area contributed by atoms with Gasteiger partial charge < -0.3 is 5.11 Å². The van der Waals surface area contributed by atoms with Crippen molar-refractivity contribution in [2.45, 2.75) is 56.4 Å². The molecule has 1 N–H and O–H groups in total. The van der Waals surface area contributed by atoms with Crippen molar-refractivity contribution in [1.82, 2.24) is 0 Å². The van der Waals surface area contributed by atoms with Gasteiger partial charge in [-0.1, -0.05) is 44.2 Å². The minimum atomic E-state index is -4.73. The summed E-state index contributed by atoms with van der Waals surface area (Å²) in [7, 11) is -3.01. The molecule has 0 bridgehead atoms. The van der Waals surface area contributed by atoms with Crippen LogP contribution < -0.4 is 0 Å². The maximum absolute atomic E-state index is 13.3. The number of carbonyl (C=O) groups is 1. The standard InChI is InChI=1S/C17H21F3O4S/c18-17(19,20)15-9-12(6-7-13(15)10-25(23)24)14(16(21)22)8-11-4-2-1-3-5-11/h6-7,9,11,14,25H,1-5,8,10H2,(H,21,22). The zero-order valence-electron chi connectivity index (χ0n) is 13.6. The molecule has 25 heavy (non-hydrogen) atoms. The van der Waals surface area contributed by atoms with E-state index in [1.807, 2.05) is 0 Å². The fourth-order valence-electron chi connectivity index (χ4n) is 3.49. The average molecular weight is 378 g/mol.